The number of likely N-dealkylation sites (tertiary alicyclic amines) is 1. The number of hydrogen-bond donors (Lipinski definition) is 2. The number of carbonyl (C=O) groups excluding carboxylic acids is 2. The Bertz CT molecular complexity index is 534. The smallest absolute Gasteiger partial charge is 0.321 e. The molecular weight excluding hydrogens is 278 g/mol. The van der Waals surface area contributed by atoms with Crippen molar-refractivity contribution in [2.45, 2.75) is 26.7 Å². The number of carbonyl (C=O) groups is 2. The summed E-state index contributed by atoms with van der Waals surface area (Å²) in [6, 6.07) is 7.37. The van der Waals surface area contributed by atoms with Crippen LogP contribution in [-0.2, 0) is 11.2 Å². The Balaban J connectivity index is 2.06. The first kappa shape index (κ1) is 16.3. The second-order valence-electron chi connectivity index (χ2n) is 6.29. The van der Waals surface area contributed by atoms with Crippen molar-refractivity contribution >= 4 is 17.6 Å². The van der Waals surface area contributed by atoms with E-state index in [9.17, 15) is 9.59 Å². The predicted octanol–water partition coefficient (Wildman–Crippen LogP) is 2.48. The quantitative estimate of drug-likeness (QED) is 0.901. The third kappa shape index (κ3) is 4.23. The van der Waals surface area contributed by atoms with Gasteiger partial charge >= 0.3 is 6.03 Å². The molecule has 5 nitrogen and oxygen atoms in total. The van der Waals surface area contributed by atoms with E-state index in [0.717, 1.165) is 25.1 Å². The van der Waals surface area contributed by atoms with E-state index >= 15 is 0 Å². The summed E-state index contributed by atoms with van der Waals surface area (Å²) in [6.45, 7) is 5.92. The molecule has 0 spiro atoms. The zero-order chi connectivity index (χ0) is 16.1. The Morgan fingerprint density at radius 2 is 1.82 bits per heavy atom. The Kier molecular flexibility index (Phi) is 5.41. The van der Waals surface area contributed by atoms with Crippen molar-refractivity contribution < 1.29 is 9.59 Å². The van der Waals surface area contributed by atoms with E-state index in [2.05, 4.69) is 24.5 Å². The van der Waals surface area contributed by atoms with Crippen molar-refractivity contribution in [1.29, 1.82) is 0 Å². The number of piperidine rings is 1. The zero-order valence-corrected chi connectivity index (χ0v) is 13.6. The van der Waals surface area contributed by atoms with Crippen molar-refractivity contribution in [3.05, 3.63) is 29.8 Å². The van der Waals surface area contributed by atoms with Crippen LogP contribution in [0.4, 0.5) is 10.5 Å². The lowest BCUT2D eigenvalue weighted by Crippen LogP contribution is -2.44. The fraction of sp³-hybridized carbons (Fsp3) is 0.529. The summed E-state index contributed by atoms with van der Waals surface area (Å²) in [5, 5.41) is 5.56. The molecule has 1 aromatic carbocycles. The summed E-state index contributed by atoms with van der Waals surface area (Å²) in [5.74, 6) is 0.980. The molecule has 0 radical (unpaired) electrons. The molecule has 5 heteroatoms. The Labute approximate surface area is 132 Å². The summed E-state index contributed by atoms with van der Waals surface area (Å²) in [5.41, 5.74) is 1.54. The van der Waals surface area contributed by atoms with E-state index in [4.69, 9.17) is 0 Å². The standard InChI is InChI=1S/C17H25N3O2/c1-12-8-13(2)11-20(10-12)17(22)19-15-7-5-4-6-14(15)9-16(21)18-3/h4-7,12-13H,8-11H2,1-3H3,(H,18,21)(H,19,22)/t12-,13-/m1/s1. The number of urea groups is 1. The average Bonchev–Trinajstić information content (AvgIpc) is 2.48. The molecule has 0 unspecified atom stereocenters. The number of rotatable bonds is 3. The molecule has 1 aromatic rings. The van der Waals surface area contributed by atoms with Crippen molar-refractivity contribution in [2.75, 3.05) is 25.5 Å². The minimum Gasteiger partial charge on any atom is -0.359 e. The van der Waals surface area contributed by atoms with Crippen LogP contribution in [0.25, 0.3) is 0 Å². The lowest BCUT2D eigenvalue weighted by molar-refractivity contribution is -0.119. The van der Waals surface area contributed by atoms with Gasteiger partial charge in [0.2, 0.25) is 5.91 Å². The van der Waals surface area contributed by atoms with Gasteiger partial charge in [-0.15, -0.1) is 0 Å². The van der Waals surface area contributed by atoms with Gasteiger partial charge in [-0.1, -0.05) is 32.0 Å². The number of anilines is 1. The molecule has 1 heterocycles. The van der Waals surface area contributed by atoms with E-state index in [-0.39, 0.29) is 18.4 Å². The van der Waals surface area contributed by atoms with E-state index < -0.39 is 0 Å². The molecule has 2 N–H and O–H groups in total. The van der Waals surface area contributed by atoms with Gasteiger partial charge in [-0.3, -0.25) is 4.79 Å². The Morgan fingerprint density at radius 1 is 1.18 bits per heavy atom. The highest BCUT2D eigenvalue weighted by Crippen LogP contribution is 2.22. The van der Waals surface area contributed by atoms with Crippen molar-refractivity contribution in [2.24, 2.45) is 11.8 Å². The molecule has 22 heavy (non-hydrogen) atoms. The highest BCUT2D eigenvalue weighted by Gasteiger charge is 2.25. The maximum absolute atomic E-state index is 12.5. The molecule has 0 aromatic heterocycles. The van der Waals surface area contributed by atoms with Crippen LogP contribution in [0.5, 0.6) is 0 Å². The number of hydrogen-bond acceptors (Lipinski definition) is 2. The summed E-state index contributed by atoms with van der Waals surface area (Å²) in [4.78, 5) is 25.9. The lowest BCUT2D eigenvalue weighted by Gasteiger charge is -2.35. The van der Waals surface area contributed by atoms with Gasteiger partial charge in [0.1, 0.15) is 0 Å². The van der Waals surface area contributed by atoms with Crippen molar-refractivity contribution in [1.82, 2.24) is 10.2 Å². The van der Waals surface area contributed by atoms with Gasteiger partial charge in [-0.25, -0.2) is 4.79 Å². The number of nitrogens with one attached hydrogen (secondary N) is 2. The Hall–Kier alpha value is -2.04. The van der Waals surface area contributed by atoms with Crippen LogP contribution in [0.15, 0.2) is 24.3 Å². The van der Waals surface area contributed by atoms with Crippen LogP contribution in [0, 0.1) is 11.8 Å². The van der Waals surface area contributed by atoms with Gasteiger partial charge < -0.3 is 15.5 Å². The maximum Gasteiger partial charge on any atom is 0.321 e. The number of amides is 3. The minimum absolute atomic E-state index is 0.0677. The first-order valence-electron chi connectivity index (χ1n) is 7.84. The molecule has 2 rings (SSSR count). The van der Waals surface area contributed by atoms with Gasteiger partial charge in [0.25, 0.3) is 0 Å². The van der Waals surface area contributed by atoms with E-state index in [1.807, 2.05) is 29.2 Å². The van der Waals surface area contributed by atoms with Crippen molar-refractivity contribution in [3.63, 3.8) is 0 Å². The maximum atomic E-state index is 12.5. The molecule has 1 aliphatic heterocycles. The van der Waals surface area contributed by atoms with Crippen LogP contribution < -0.4 is 10.6 Å². The molecule has 2 atom stereocenters. The summed E-state index contributed by atoms with van der Waals surface area (Å²) in [7, 11) is 1.61. The molecule has 0 saturated carbocycles. The van der Waals surface area contributed by atoms with E-state index in [1.54, 1.807) is 7.05 Å². The summed E-state index contributed by atoms with van der Waals surface area (Å²) >= 11 is 0. The van der Waals surface area contributed by atoms with E-state index in [0.29, 0.717) is 17.5 Å². The monoisotopic (exact) mass is 303 g/mol. The topological polar surface area (TPSA) is 61.4 Å². The van der Waals surface area contributed by atoms with Crippen LogP contribution >= 0.6 is 0 Å². The summed E-state index contributed by atoms with van der Waals surface area (Å²) in [6.07, 6.45) is 1.43. The third-order valence-electron chi connectivity index (χ3n) is 4.04. The fourth-order valence-electron chi connectivity index (χ4n) is 3.08. The molecule has 1 aliphatic rings. The molecule has 120 valence electrons. The molecule has 1 fully saturated rings. The molecule has 3 amide bonds. The first-order valence-corrected chi connectivity index (χ1v) is 7.84. The van der Waals surface area contributed by atoms with Gasteiger partial charge in [0.05, 0.1) is 6.42 Å². The highest BCUT2D eigenvalue weighted by molar-refractivity contribution is 5.91. The van der Waals surface area contributed by atoms with Gasteiger partial charge in [-0.05, 0) is 29.9 Å². The fourth-order valence-corrected chi connectivity index (χ4v) is 3.08. The SMILES string of the molecule is CNC(=O)Cc1ccccc1NC(=O)N1C[C@H](C)C[C@@H](C)C1. The van der Waals surface area contributed by atoms with E-state index in [1.165, 1.54) is 0 Å². The number of likely N-dealkylation sites (N-methyl/N-ethyl adjacent to an activating group) is 1. The average molecular weight is 303 g/mol. The number of benzene rings is 1. The summed E-state index contributed by atoms with van der Waals surface area (Å²) < 4.78 is 0. The highest BCUT2D eigenvalue weighted by atomic mass is 16.2. The number of para-hydroxylation sites is 1. The van der Waals surface area contributed by atoms with Crippen LogP contribution in [-0.4, -0.2) is 37.0 Å². The van der Waals surface area contributed by atoms with Gasteiger partial charge in [0.15, 0.2) is 0 Å². The molecule has 0 bridgehead atoms. The zero-order valence-electron chi connectivity index (χ0n) is 13.6. The van der Waals surface area contributed by atoms with Crippen molar-refractivity contribution in [3.8, 4) is 0 Å². The molecule has 1 saturated heterocycles. The second kappa shape index (κ2) is 7.29. The lowest BCUT2D eigenvalue weighted by atomic mass is 9.92. The molecule has 0 aliphatic carbocycles. The first-order chi connectivity index (χ1) is 10.5. The number of nitrogens with zero attached hydrogens (tertiary/aromatic N) is 1. The second-order valence-corrected chi connectivity index (χ2v) is 6.29. The normalized spacial score (nSPS) is 21.3. The molecular formula is C17H25N3O2. The largest absolute Gasteiger partial charge is 0.359 e. The Morgan fingerprint density at radius 3 is 2.45 bits per heavy atom. The third-order valence-corrected chi connectivity index (χ3v) is 4.04. The van der Waals surface area contributed by atoms with Crippen LogP contribution in [0.3, 0.4) is 0 Å². The predicted molar refractivity (Wildman–Crippen MR) is 87.7 cm³/mol. The van der Waals surface area contributed by atoms with Gasteiger partial charge in [-0.2, -0.15) is 0 Å². The van der Waals surface area contributed by atoms with Crippen LogP contribution in [0.2, 0.25) is 0 Å². The van der Waals surface area contributed by atoms with Crippen LogP contribution in [0.1, 0.15) is 25.8 Å². The van der Waals surface area contributed by atoms with Gasteiger partial charge in [0, 0.05) is 25.8 Å². The minimum atomic E-state index is -0.0808.